The van der Waals surface area contributed by atoms with Crippen LogP contribution in [0.5, 0.6) is 0 Å². The number of likely N-dealkylation sites (tertiary alicyclic amines) is 1. The van der Waals surface area contributed by atoms with Gasteiger partial charge in [0.05, 0.1) is 28.3 Å². The summed E-state index contributed by atoms with van der Waals surface area (Å²) in [5.41, 5.74) is 1.13. The first-order chi connectivity index (χ1) is 12.2. The molecule has 1 aliphatic carbocycles. The topological polar surface area (TPSA) is 46.4 Å². The summed E-state index contributed by atoms with van der Waals surface area (Å²) in [7, 11) is 0. The average molecular weight is 359 g/mol. The number of fused-ring (bicyclic) bond motifs is 1. The zero-order chi connectivity index (χ0) is 17.2. The third-order valence-electron chi connectivity index (χ3n) is 5.99. The Labute approximate surface area is 153 Å². The minimum Gasteiger partial charge on any atom is -0.348 e. The quantitative estimate of drug-likeness (QED) is 0.882. The molecule has 25 heavy (non-hydrogen) atoms. The summed E-state index contributed by atoms with van der Waals surface area (Å²) < 4.78 is 1.29. The second-order valence-corrected chi connectivity index (χ2v) is 8.73. The predicted molar refractivity (Wildman–Crippen MR) is 102 cm³/mol. The molecule has 2 fully saturated rings. The lowest BCUT2D eigenvalue weighted by atomic mass is 9.96. The van der Waals surface area contributed by atoms with Crippen molar-refractivity contribution in [2.45, 2.75) is 63.5 Å². The molecule has 1 amide bonds. The van der Waals surface area contributed by atoms with Gasteiger partial charge in [0.15, 0.2) is 6.04 Å². The third kappa shape index (κ3) is 3.72. The van der Waals surface area contributed by atoms with E-state index in [2.05, 4.69) is 36.5 Å². The fourth-order valence-electron chi connectivity index (χ4n) is 4.31. The van der Waals surface area contributed by atoms with Crippen molar-refractivity contribution in [1.29, 1.82) is 0 Å². The number of nitrogens with one attached hydrogen (secondary N) is 2. The Hall–Kier alpha value is -1.46. The number of benzene rings is 1. The molecule has 1 aromatic heterocycles. The SMILES string of the molecule is C[C@@H](C(=O)NC1CCCC1)[NH+]1CCC(c2nc3ccccc3s2)CC1. The van der Waals surface area contributed by atoms with Crippen LogP contribution in [-0.2, 0) is 4.79 Å². The number of rotatable bonds is 4. The van der Waals surface area contributed by atoms with E-state index in [1.807, 2.05) is 11.3 Å². The third-order valence-corrected chi connectivity index (χ3v) is 7.19. The highest BCUT2D eigenvalue weighted by Gasteiger charge is 2.32. The lowest BCUT2D eigenvalue weighted by Crippen LogP contribution is -3.17. The van der Waals surface area contributed by atoms with Crippen molar-refractivity contribution < 1.29 is 9.69 Å². The number of para-hydroxylation sites is 1. The number of aromatic nitrogens is 1. The monoisotopic (exact) mass is 358 g/mol. The molecule has 2 N–H and O–H groups in total. The van der Waals surface area contributed by atoms with Gasteiger partial charge in [0, 0.05) is 24.8 Å². The number of carbonyl (C=O) groups excluding carboxylic acids is 1. The van der Waals surface area contributed by atoms with Crippen molar-refractivity contribution in [3.05, 3.63) is 29.3 Å². The molecule has 2 heterocycles. The van der Waals surface area contributed by atoms with Crippen molar-refractivity contribution in [2.24, 2.45) is 0 Å². The van der Waals surface area contributed by atoms with Gasteiger partial charge >= 0.3 is 0 Å². The second kappa shape index (κ2) is 7.42. The molecule has 1 aliphatic heterocycles. The maximum Gasteiger partial charge on any atom is 0.278 e. The normalized spacial score (nSPS) is 26.0. The fraction of sp³-hybridized carbons (Fsp3) is 0.600. The van der Waals surface area contributed by atoms with Crippen LogP contribution >= 0.6 is 11.3 Å². The molecular formula is C20H28N3OS+. The van der Waals surface area contributed by atoms with Gasteiger partial charge in [-0.2, -0.15) is 0 Å². The molecule has 5 heteroatoms. The summed E-state index contributed by atoms with van der Waals surface area (Å²) >= 11 is 1.84. The minimum atomic E-state index is 0.0666. The van der Waals surface area contributed by atoms with Crippen molar-refractivity contribution in [1.82, 2.24) is 10.3 Å². The van der Waals surface area contributed by atoms with E-state index in [-0.39, 0.29) is 11.9 Å². The van der Waals surface area contributed by atoms with Crippen LogP contribution in [0.3, 0.4) is 0 Å². The molecule has 4 rings (SSSR count). The highest BCUT2D eigenvalue weighted by molar-refractivity contribution is 7.18. The Morgan fingerprint density at radius 1 is 1.20 bits per heavy atom. The average Bonchev–Trinajstić information content (AvgIpc) is 3.30. The van der Waals surface area contributed by atoms with Crippen LogP contribution in [0.4, 0.5) is 0 Å². The molecular weight excluding hydrogens is 330 g/mol. The van der Waals surface area contributed by atoms with E-state index in [1.54, 1.807) is 0 Å². The van der Waals surface area contributed by atoms with E-state index in [4.69, 9.17) is 4.98 Å². The standard InChI is InChI=1S/C20H27N3OS/c1-14(19(24)21-16-6-2-3-7-16)23-12-10-15(11-13-23)20-22-17-8-4-5-9-18(17)25-20/h4-5,8-9,14-16H,2-3,6-7,10-13H2,1H3,(H,21,24)/p+1/t14-/m0/s1. The van der Waals surface area contributed by atoms with E-state index in [1.165, 1.54) is 27.4 Å². The van der Waals surface area contributed by atoms with E-state index in [0.29, 0.717) is 12.0 Å². The molecule has 2 aromatic rings. The van der Waals surface area contributed by atoms with Crippen LogP contribution in [0.1, 0.15) is 56.4 Å². The maximum absolute atomic E-state index is 12.5. The summed E-state index contributed by atoms with van der Waals surface area (Å²) in [4.78, 5) is 18.8. The van der Waals surface area contributed by atoms with E-state index in [0.717, 1.165) is 44.3 Å². The molecule has 134 valence electrons. The van der Waals surface area contributed by atoms with Crippen molar-refractivity contribution in [3.63, 3.8) is 0 Å². The molecule has 0 spiro atoms. The van der Waals surface area contributed by atoms with Crippen molar-refractivity contribution >= 4 is 27.5 Å². The molecule has 0 radical (unpaired) electrons. The Morgan fingerprint density at radius 2 is 1.92 bits per heavy atom. The maximum atomic E-state index is 12.5. The van der Waals surface area contributed by atoms with Gasteiger partial charge in [0.25, 0.3) is 5.91 Å². The summed E-state index contributed by atoms with van der Waals surface area (Å²) in [6.45, 7) is 4.23. The number of hydrogen-bond acceptors (Lipinski definition) is 3. The summed E-state index contributed by atoms with van der Waals surface area (Å²) in [5.74, 6) is 0.812. The summed E-state index contributed by atoms with van der Waals surface area (Å²) in [6.07, 6.45) is 7.12. The lowest BCUT2D eigenvalue weighted by molar-refractivity contribution is -0.919. The summed E-state index contributed by atoms with van der Waals surface area (Å²) in [5, 5.41) is 4.55. The highest BCUT2D eigenvalue weighted by Crippen LogP contribution is 2.31. The van der Waals surface area contributed by atoms with Crippen LogP contribution in [0, 0.1) is 0 Å². The van der Waals surface area contributed by atoms with Gasteiger partial charge in [-0.1, -0.05) is 25.0 Å². The Bertz CT molecular complexity index is 696. The molecule has 0 bridgehead atoms. The number of nitrogens with zero attached hydrogens (tertiary/aromatic N) is 1. The van der Waals surface area contributed by atoms with Gasteiger partial charge in [-0.15, -0.1) is 11.3 Å². The molecule has 1 saturated heterocycles. The molecule has 0 unspecified atom stereocenters. The van der Waals surface area contributed by atoms with Crippen LogP contribution in [0.15, 0.2) is 24.3 Å². The van der Waals surface area contributed by atoms with Gasteiger partial charge in [-0.05, 0) is 31.9 Å². The van der Waals surface area contributed by atoms with E-state index in [9.17, 15) is 4.79 Å². The molecule has 2 aliphatic rings. The van der Waals surface area contributed by atoms with Crippen LogP contribution in [0.25, 0.3) is 10.2 Å². The van der Waals surface area contributed by atoms with E-state index >= 15 is 0 Å². The Balaban J connectivity index is 1.33. The van der Waals surface area contributed by atoms with Gasteiger partial charge in [-0.25, -0.2) is 4.98 Å². The van der Waals surface area contributed by atoms with Crippen LogP contribution < -0.4 is 10.2 Å². The first-order valence-corrected chi connectivity index (χ1v) is 10.5. The molecule has 1 aromatic carbocycles. The summed E-state index contributed by atoms with van der Waals surface area (Å²) in [6, 6.07) is 8.90. The van der Waals surface area contributed by atoms with Gasteiger partial charge in [0.1, 0.15) is 0 Å². The number of carbonyl (C=O) groups is 1. The van der Waals surface area contributed by atoms with Crippen LogP contribution in [-0.4, -0.2) is 36.1 Å². The number of hydrogen-bond donors (Lipinski definition) is 2. The van der Waals surface area contributed by atoms with Gasteiger partial charge < -0.3 is 10.2 Å². The Kier molecular flexibility index (Phi) is 5.04. The first-order valence-electron chi connectivity index (χ1n) is 9.71. The number of amides is 1. The predicted octanol–water partition coefficient (Wildman–Crippen LogP) is 2.51. The molecule has 4 nitrogen and oxygen atoms in total. The van der Waals surface area contributed by atoms with Crippen molar-refractivity contribution in [3.8, 4) is 0 Å². The fourth-order valence-corrected chi connectivity index (χ4v) is 5.45. The number of piperidine rings is 1. The second-order valence-electron chi connectivity index (χ2n) is 7.66. The van der Waals surface area contributed by atoms with Gasteiger partial charge in [0.2, 0.25) is 0 Å². The lowest BCUT2D eigenvalue weighted by Gasteiger charge is -2.32. The smallest absolute Gasteiger partial charge is 0.278 e. The number of thiazole rings is 1. The molecule has 1 atom stereocenters. The zero-order valence-corrected chi connectivity index (χ0v) is 15.8. The zero-order valence-electron chi connectivity index (χ0n) is 15.0. The van der Waals surface area contributed by atoms with Gasteiger partial charge in [-0.3, -0.25) is 4.79 Å². The minimum absolute atomic E-state index is 0.0666. The Morgan fingerprint density at radius 3 is 2.64 bits per heavy atom. The largest absolute Gasteiger partial charge is 0.348 e. The molecule has 1 saturated carbocycles. The highest BCUT2D eigenvalue weighted by atomic mass is 32.1. The van der Waals surface area contributed by atoms with E-state index < -0.39 is 0 Å². The number of quaternary nitrogens is 1. The van der Waals surface area contributed by atoms with Crippen LogP contribution in [0.2, 0.25) is 0 Å². The first kappa shape index (κ1) is 17.0. The van der Waals surface area contributed by atoms with Crippen molar-refractivity contribution in [2.75, 3.05) is 13.1 Å².